The Labute approximate surface area is 74.0 Å². The fraction of sp³-hybridized carbons (Fsp3) is 1.00. The lowest BCUT2D eigenvalue weighted by Gasteiger charge is -2.33. The molecule has 74 valence electrons. The largest absolute Gasteiger partial charge is 0.375 e. The van der Waals surface area contributed by atoms with E-state index in [4.69, 9.17) is 19.9 Å². The number of hydrogen-bond acceptors (Lipinski definition) is 4. The summed E-state index contributed by atoms with van der Waals surface area (Å²) in [6.07, 6.45) is -0.280. The Morgan fingerprint density at radius 2 is 1.67 bits per heavy atom. The lowest BCUT2D eigenvalue weighted by Crippen LogP contribution is -2.55. The standard InChI is InChI=1S/C8H19NO3/c1-5-11-8(9,12-6-2)7(3)10-4/h7H,5-6,9H2,1-4H3. The zero-order valence-corrected chi connectivity index (χ0v) is 8.29. The van der Waals surface area contributed by atoms with E-state index in [1.807, 2.05) is 20.8 Å². The summed E-state index contributed by atoms with van der Waals surface area (Å²) in [5.41, 5.74) is 5.80. The first-order valence-corrected chi connectivity index (χ1v) is 4.20. The van der Waals surface area contributed by atoms with Crippen LogP contribution in [0.15, 0.2) is 0 Å². The minimum absolute atomic E-state index is 0.280. The quantitative estimate of drug-likeness (QED) is 0.607. The molecule has 4 nitrogen and oxygen atoms in total. The molecule has 2 N–H and O–H groups in total. The second kappa shape index (κ2) is 5.48. The van der Waals surface area contributed by atoms with Crippen LogP contribution in [0, 0.1) is 0 Å². The van der Waals surface area contributed by atoms with Crippen LogP contribution >= 0.6 is 0 Å². The van der Waals surface area contributed by atoms with Gasteiger partial charge in [0.1, 0.15) is 6.10 Å². The monoisotopic (exact) mass is 177 g/mol. The number of rotatable bonds is 6. The van der Waals surface area contributed by atoms with Crippen LogP contribution < -0.4 is 5.73 Å². The molecule has 0 rings (SSSR count). The van der Waals surface area contributed by atoms with Crippen molar-refractivity contribution >= 4 is 0 Å². The van der Waals surface area contributed by atoms with Crippen molar-refractivity contribution < 1.29 is 14.2 Å². The van der Waals surface area contributed by atoms with Crippen molar-refractivity contribution in [3.63, 3.8) is 0 Å². The van der Waals surface area contributed by atoms with E-state index in [0.717, 1.165) is 0 Å². The molecule has 0 saturated heterocycles. The number of hydrogen-bond donors (Lipinski definition) is 1. The van der Waals surface area contributed by atoms with Crippen LogP contribution in [0.2, 0.25) is 0 Å². The lowest BCUT2D eigenvalue weighted by atomic mass is 10.3. The van der Waals surface area contributed by atoms with Crippen molar-refractivity contribution in [3.8, 4) is 0 Å². The van der Waals surface area contributed by atoms with Crippen LogP contribution in [0.1, 0.15) is 20.8 Å². The maximum absolute atomic E-state index is 5.80. The van der Waals surface area contributed by atoms with Crippen LogP contribution in [0.5, 0.6) is 0 Å². The van der Waals surface area contributed by atoms with Crippen molar-refractivity contribution in [1.29, 1.82) is 0 Å². The van der Waals surface area contributed by atoms with Crippen LogP contribution in [0.25, 0.3) is 0 Å². The van der Waals surface area contributed by atoms with E-state index in [9.17, 15) is 0 Å². The van der Waals surface area contributed by atoms with Crippen molar-refractivity contribution in [3.05, 3.63) is 0 Å². The van der Waals surface area contributed by atoms with Crippen molar-refractivity contribution in [2.75, 3.05) is 20.3 Å². The average Bonchev–Trinajstić information content (AvgIpc) is 2.04. The predicted molar refractivity (Wildman–Crippen MR) is 46.6 cm³/mol. The van der Waals surface area contributed by atoms with E-state index in [0.29, 0.717) is 13.2 Å². The molecule has 0 aliphatic heterocycles. The van der Waals surface area contributed by atoms with E-state index < -0.39 is 5.91 Å². The van der Waals surface area contributed by atoms with Crippen molar-refractivity contribution in [1.82, 2.24) is 0 Å². The van der Waals surface area contributed by atoms with Gasteiger partial charge in [0.15, 0.2) is 0 Å². The molecule has 0 aromatic rings. The first-order valence-electron chi connectivity index (χ1n) is 4.20. The van der Waals surface area contributed by atoms with Gasteiger partial charge < -0.3 is 14.2 Å². The Morgan fingerprint density at radius 1 is 1.25 bits per heavy atom. The topological polar surface area (TPSA) is 53.7 Å². The van der Waals surface area contributed by atoms with Crippen molar-refractivity contribution in [2.45, 2.75) is 32.8 Å². The zero-order valence-electron chi connectivity index (χ0n) is 8.29. The Balaban J connectivity index is 4.15. The molecule has 1 unspecified atom stereocenters. The minimum Gasteiger partial charge on any atom is -0.375 e. The van der Waals surface area contributed by atoms with E-state index in [2.05, 4.69) is 0 Å². The molecule has 0 amide bonds. The second-order valence-electron chi connectivity index (χ2n) is 2.47. The molecule has 0 heterocycles. The van der Waals surface area contributed by atoms with Gasteiger partial charge in [-0.05, 0) is 20.8 Å². The highest BCUT2D eigenvalue weighted by Gasteiger charge is 2.33. The molecule has 0 saturated carbocycles. The van der Waals surface area contributed by atoms with Crippen LogP contribution in [0.3, 0.4) is 0 Å². The molecule has 0 radical (unpaired) electrons. The summed E-state index contributed by atoms with van der Waals surface area (Å²) >= 11 is 0. The molecule has 0 bridgehead atoms. The zero-order chi connectivity index (χ0) is 9.61. The predicted octanol–water partition coefficient (Wildman–Crippen LogP) is 0.707. The summed E-state index contributed by atoms with van der Waals surface area (Å²) in [6.45, 7) is 6.55. The average molecular weight is 177 g/mol. The fourth-order valence-electron chi connectivity index (χ4n) is 0.892. The molecular formula is C8H19NO3. The third-order valence-electron chi connectivity index (χ3n) is 1.66. The number of nitrogens with two attached hydrogens (primary N) is 1. The van der Waals surface area contributed by atoms with Gasteiger partial charge in [-0.1, -0.05) is 0 Å². The van der Waals surface area contributed by atoms with Crippen LogP contribution in [-0.4, -0.2) is 32.3 Å². The summed E-state index contributed by atoms with van der Waals surface area (Å²) < 4.78 is 15.6. The Hall–Kier alpha value is -0.160. The van der Waals surface area contributed by atoms with Gasteiger partial charge in [0, 0.05) is 20.3 Å². The third kappa shape index (κ3) is 3.06. The van der Waals surface area contributed by atoms with Gasteiger partial charge in [-0.2, -0.15) is 0 Å². The molecular weight excluding hydrogens is 158 g/mol. The summed E-state index contributed by atoms with van der Waals surface area (Å²) in [4.78, 5) is 0. The molecule has 0 fully saturated rings. The van der Waals surface area contributed by atoms with Gasteiger partial charge in [0.2, 0.25) is 0 Å². The summed E-state index contributed by atoms with van der Waals surface area (Å²) in [5.74, 6) is -1.11. The van der Waals surface area contributed by atoms with E-state index >= 15 is 0 Å². The van der Waals surface area contributed by atoms with Crippen LogP contribution in [0.4, 0.5) is 0 Å². The first-order chi connectivity index (χ1) is 5.60. The molecule has 0 spiro atoms. The van der Waals surface area contributed by atoms with E-state index in [1.54, 1.807) is 7.11 Å². The minimum atomic E-state index is -1.11. The van der Waals surface area contributed by atoms with Crippen molar-refractivity contribution in [2.24, 2.45) is 5.73 Å². The molecule has 1 atom stereocenters. The normalized spacial score (nSPS) is 14.8. The summed E-state index contributed by atoms with van der Waals surface area (Å²) in [5, 5.41) is 0. The molecule has 0 aromatic heterocycles. The number of ether oxygens (including phenoxy) is 3. The maximum atomic E-state index is 5.80. The summed E-state index contributed by atoms with van der Waals surface area (Å²) in [6, 6.07) is 0. The van der Waals surface area contributed by atoms with Gasteiger partial charge in [0.05, 0.1) is 0 Å². The molecule has 12 heavy (non-hydrogen) atoms. The van der Waals surface area contributed by atoms with Gasteiger partial charge in [-0.15, -0.1) is 0 Å². The molecule has 4 heteroatoms. The van der Waals surface area contributed by atoms with Gasteiger partial charge in [-0.3, -0.25) is 5.73 Å². The van der Waals surface area contributed by atoms with Gasteiger partial charge in [0.25, 0.3) is 5.91 Å². The van der Waals surface area contributed by atoms with E-state index in [-0.39, 0.29) is 6.10 Å². The maximum Gasteiger partial charge on any atom is 0.252 e. The van der Waals surface area contributed by atoms with E-state index in [1.165, 1.54) is 0 Å². The summed E-state index contributed by atoms with van der Waals surface area (Å²) in [7, 11) is 1.57. The fourth-order valence-corrected chi connectivity index (χ4v) is 0.892. The Morgan fingerprint density at radius 3 is 1.92 bits per heavy atom. The van der Waals surface area contributed by atoms with Gasteiger partial charge in [-0.25, -0.2) is 0 Å². The highest BCUT2D eigenvalue weighted by Crippen LogP contribution is 2.13. The SMILES string of the molecule is CCOC(N)(OCC)C(C)OC. The second-order valence-corrected chi connectivity index (χ2v) is 2.47. The first kappa shape index (κ1) is 11.8. The van der Waals surface area contributed by atoms with Crippen LogP contribution in [-0.2, 0) is 14.2 Å². The molecule has 0 aliphatic rings. The van der Waals surface area contributed by atoms with Gasteiger partial charge >= 0.3 is 0 Å². The Bertz CT molecular complexity index is 113. The lowest BCUT2D eigenvalue weighted by molar-refractivity contribution is -0.277. The highest BCUT2D eigenvalue weighted by atomic mass is 16.7. The molecule has 0 aliphatic carbocycles. The third-order valence-corrected chi connectivity index (χ3v) is 1.66. The number of methoxy groups -OCH3 is 1. The highest BCUT2D eigenvalue weighted by molar-refractivity contribution is 4.69. The molecule has 0 aromatic carbocycles. The Kier molecular flexibility index (Phi) is 5.41. The smallest absolute Gasteiger partial charge is 0.252 e.